The number of aliphatic hydroxyl groups is 3. The Morgan fingerprint density at radius 1 is 1.25 bits per heavy atom. The molecule has 3 saturated carbocycles. The van der Waals surface area contributed by atoms with Gasteiger partial charge >= 0.3 is 5.97 Å². The third-order valence-corrected chi connectivity index (χ3v) is 9.18. The van der Waals surface area contributed by atoms with Crippen molar-refractivity contribution < 1.29 is 29.6 Å². The summed E-state index contributed by atoms with van der Waals surface area (Å²) >= 11 is 0. The Bertz CT molecular complexity index is 629. The van der Waals surface area contributed by atoms with E-state index in [4.69, 9.17) is 4.74 Å². The standard InChI is InChI=1S/C22H36O6/c1-5-21(12-24)10-16(28-17(26)11-23)20(4)13(2)6-8-22(14(3)19(21)27)9-7-15(25)18(20)22/h13-14,16,18-19,23-24,27H,5-12H2,1-4H3/t13-,14+,16-,18?,19+,20+,21-,22+/m1/s1. The van der Waals surface area contributed by atoms with Crippen molar-refractivity contribution in [3.8, 4) is 0 Å². The first-order valence-electron chi connectivity index (χ1n) is 10.7. The molecule has 6 nitrogen and oxygen atoms in total. The molecule has 0 radical (unpaired) electrons. The molecule has 0 spiro atoms. The molecular weight excluding hydrogens is 360 g/mol. The van der Waals surface area contributed by atoms with Crippen LogP contribution in [-0.2, 0) is 14.3 Å². The molecule has 28 heavy (non-hydrogen) atoms. The van der Waals surface area contributed by atoms with Gasteiger partial charge in [-0.3, -0.25) is 4.79 Å². The van der Waals surface area contributed by atoms with Crippen LogP contribution in [0, 0.1) is 34.0 Å². The highest BCUT2D eigenvalue weighted by atomic mass is 16.6. The minimum Gasteiger partial charge on any atom is -0.460 e. The molecule has 0 saturated heterocycles. The van der Waals surface area contributed by atoms with Gasteiger partial charge in [-0.15, -0.1) is 0 Å². The lowest BCUT2D eigenvalue weighted by molar-refractivity contribution is -0.219. The number of esters is 1. The molecule has 3 aliphatic rings. The van der Waals surface area contributed by atoms with Crippen LogP contribution >= 0.6 is 0 Å². The molecule has 0 aromatic heterocycles. The molecule has 6 heteroatoms. The van der Waals surface area contributed by atoms with Gasteiger partial charge in [0.05, 0.1) is 12.7 Å². The molecule has 3 rings (SSSR count). The molecule has 0 aromatic rings. The maximum absolute atomic E-state index is 13.2. The van der Waals surface area contributed by atoms with Gasteiger partial charge in [-0.25, -0.2) is 4.79 Å². The second-order valence-corrected chi connectivity index (χ2v) is 9.89. The van der Waals surface area contributed by atoms with E-state index in [0.717, 1.165) is 19.3 Å². The molecule has 0 heterocycles. The summed E-state index contributed by atoms with van der Waals surface area (Å²) in [6, 6.07) is 0. The van der Waals surface area contributed by atoms with Gasteiger partial charge in [0.15, 0.2) is 0 Å². The minimum absolute atomic E-state index is 0.127. The molecule has 3 fully saturated rings. The van der Waals surface area contributed by atoms with E-state index in [1.807, 2.05) is 13.8 Å². The Hall–Kier alpha value is -0.980. The predicted molar refractivity (Wildman–Crippen MR) is 103 cm³/mol. The fourth-order valence-corrected chi connectivity index (χ4v) is 7.05. The Balaban J connectivity index is 2.22. The lowest BCUT2D eigenvalue weighted by Crippen LogP contribution is -2.64. The lowest BCUT2D eigenvalue weighted by atomic mass is 9.43. The second-order valence-electron chi connectivity index (χ2n) is 9.89. The third-order valence-electron chi connectivity index (χ3n) is 9.18. The molecule has 3 N–H and O–H groups in total. The van der Waals surface area contributed by atoms with Crippen molar-refractivity contribution in [2.45, 2.75) is 78.4 Å². The monoisotopic (exact) mass is 396 g/mol. The second kappa shape index (κ2) is 7.37. The van der Waals surface area contributed by atoms with Gasteiger partial charge in [0, 0.05) is 23.2 Å². The molecule has 0 aromatic carbocycles. The number of rotatable bonds is 4. The highest BCUT2D eigenvalue weighted by Crippen LogP contribution is 2.68. The van der Waals surface area contributed by atoms with Crippen LogP contribution in [0.5, 0.6) is 0 Å². The first kappa shape index (κ1) is 21.7. The summed E-state index contributed by atoms with van der Waals surface area (Å²) in [7, 11) is 0. The molecular formula is C22H36O6. The summed E-state index contributed by atoms with van der Waals surface area (Å²) in [6.45, 7) is 7.22. The third kappa shape index (κ3) is 2.78. The molecule has 0 aliphatic heterocycles. The van der Waals surface area contributed by atoms with Crippen LogP contribution in [0.2, 0.25) is 0 Å². The van der Waals surface area contributed by atoms with Crippen LogP contribution in [0.4, 0.5) is 0 Å². The molecule has 0 amide bonds. The average Bonchev–Trinajstić information content (AvgIpc) is 3.04. The number of carbonyl (C=O) groups is 2. The summed E-state index contributed by atoms with van der Waals surface area (Å²) < 4.78 is 5.77. The number of hydrogen-bond acceptors (Lipinski definition) is 6. The van der Waals surface area contributed by atoms with E-state index in [9.17, 15) is 24.9 Å². The highest BCUT2D eigenvalue weighted by Gasteiger charge is 2.68. The summed E-state index contributed by atoms with van der Waals surface area (Å²) in [5.74, 6) is -0.770. The van der Waals surface area contributed by atoms with Crippen LogP contribution in [0.3, 0.4) is 0 Å². The number of Topliss-reactive ketones (excluding diaryl/α,β-unsaturated/α-hetero) is 1. The van der Waals surface area contributed by atoms with E-state index in [2.05, 4.69) is 13.8 Å². The zero-order valence-electron chi connectivity index (χ0n) is 17.6. The largest absolute Gasteiger partial charge is 0.460 e. The van der Waals surface area contributed by atoms with Crippen LogP contribution in [0.25, 0.3) is 0 Å². The Kier molecular flexibility index (Phi) is 5.72. The van der Waals surface area contributed by atoms with E-state index in [-0.39, 0.29) is 42.0 Å². The highest BCUT2D eigenvalue weighted by molar-refractivity contribution is 5.85. The van der Waals surface area contributed by atoms with Crippen LogP contribution in [0.15, 0.2) is 0 Å². The molecule has 160 valence electrons. The van der Waals surface area contributed by atoms with E-state index >= 15 is 0 Å². The Morgan fingerprint density at radius 2 is 1.93 bits per heavy atom. The van der Waals surface area contributed by atoms with Gasteiger partial charge in [0.2, 0.25) is 0 Å². The Labute approximate surface area is 167 Å². The normalized spacial score (nSPS) is 48.5. The molecule has 2 bridgehead atoms. The van der Waals surface area contributed by atoms with E-state index in [1.54, 1.807) is 0 Å². The summed E-state index contributed by atoms with van der Waals surface area (Å²) in [5, 5.41) is 31.1. The number of hydrogen-bond donors (Lipinski definition) is 3. The zero-order chi connectivity index (χ0) is 20.9. The first-order valence-corrected chi connectivity index (χ1v) is 10.7. The van der Waals surface area contributed by atoms with E-state index in [0.29, 0.717) is 12.8 Å². The summed E-state index contributed by atoms with van der Waals surface area (Å²) in [5.41, 5.74) is -1.72. The lowest BCUT2D eigenvalue weighted by Gasteiger charge is -2.62. The topological polar surface area (TPSA) is 104 Å². The minimum atomic E-state index is -0.804. The van der Waals surface area contributed by atoms with Crippen LogP contribution in [0.1, 0.15) is 66.2 Å². The van der Waals surface area contributed by atoms with Crippen molar-refractivity contribution in [3.05, 3.63) is 0 Å². The van der Waals surface area contributed by atoms with Crippen molar-refractivity contribution in [2.24, 2.45) is 34.0 Å². The van der Waals surface area contributed by atoms with E-state index < -0.39 is 35.6 Å². The maximum atomic E-state index is 13.2. The summed E-state index contributed by atoms with van der Waals surface area (Å²) in [6.07, 6.45) is 2.41. The quantitative estimate of drug-likeness (QED) is 0.629. The van der Waals surface area contributed by atoms with Gasteiger partial charge in [0.1, 0.15) is 18.5 Å². The predicted octanol–water partition coefficient (Wildman–Crippen LogP) is 2.08. The maximum Gasteiger partial charge on any atom is 0.332 e. The van der Waals surface area contributed by atoms with Crippen molar-refractivity contribution in [1.29, 1.82) is 0 Å². The summed E-state index contributed by atoms with van der Waals surface area (Å²) in [4.78, 5) is 25.3. The smallest absolute Gasteiger partial charge is 0.332 e. The van der Waals surface area contributed by atoms with Crippen molar-refractivity contribution in [3.63, 3.8) is 0 Å². The van der Waals surface area contributed by atoms with Gasteiger partial charge in [-0.2, -0.15) is 0 Å². The number of carbonyl (C=O) groups excluding carboxylic acids is 2. The average molecular weight is 397 g/mol. The molecule has 1 unspecified atom stereocenters. The van der Waals surface area contributed by atoms with Crippen molar-refractivity contribution >= 4 is 11.8 Å². The van der Waals surface area contributed by atoms with Crippen LogP contribution in [-0.4, -0.2) is 52.5 Å². The van der Waals surface area contributed by atoms with E-state index in [1.165, 1.54) is 0 Å². The molecule has 8 atom stereocenters. The fourth-order valence-electron chi connectivity index (χ4n) is 7.05. The number of aliphatic hydroxyl groups excluding tert-OH is 3. The van der Waals surface area contributed by atoms with Gasteiger partial charge in [-0.05, 0) is 49.4 Å². The van der Waals surface area contributed by atoms with Gasteiger partial charge in [0.25, 0.3) is 0 Å². The van der Waals surface area contributed by atoms with Crippen molar-refractivity contribution in [1.82, 2.24) is 0 Å². The Morgan fingerprint density at radius 3 is 2.50 bits per heavy atom. The zero-order valence-corrected chi connectivity index (χ0v) is 17.6. The van der Waals surface area contributed by atoms with Gasteiger partial charge in [-0.1, -0.05) is 27.7 Å². The molecule has 3 aliphatic carbocycles. The SMILES string of the molecule is CC[C@]1(CO)C[C@@H](OC(=O)CO)[C@@]2(C)C3C(=O)CC[C@@]3(CC[C@H]2C)[C@@H](C)[C@@H]1O. The van der Waals surface area contributed by atoms with Crippen LogP contribution < -0.4 is 0 Å². The van der Waals surface area contributed by atoms with Crippen molar-refractivity contribution in [2.75, 3.05) is 13.2 Å². The van der Waals surface area contributed by atoms with Gasteiger partial charge < -0.3 is 20.1 Å². The fraction of sp³-hybridized carbons (Fsp3) is 0.909. The number of ether oxygens (including phenoxy) is 1. The first-order chi connectivity index (χ1) is 13.1. The number of ketones is 1.